The minimum atomic E-state index is -3.70. The fourth-order valence-electron chi connectivity index (χ4n) is 3.83. The lowest BCUT2D eigenvalue weighted by molar-refractivity contribution is -0.387. The van der Waals surface area contributed by atoms with Crippen LogP contribution in [0.4, 0.5) is 11.4 Å². The summed E-state index contributed by atoms with van der Waals surface area (Å²) in [4.78, 5) is 12.6. The second-order valence-electron chi connectivity index (χ2n) is 7.18. The van der Waals surface area contributed by atoms with Gasteiger partial charge in [-0.2, -0.15) is 0 Å². The van der Waals surface area contributed by atoms with Gasteiger partial charge < -0.3 is 4.90 Å². The monoisotopic (exact) mass is 388 g/mol. The van der Waals surface area contributed by atoms with Crippen molar-refractivity contribution in [1.29, 1.82) is 0 Å². The second-order valence-corrected chi connectivity index (χ2v) is 9.16. The molecule has 7 heteroatoms. The SMILES string of the molecule is Cc1cccc(C2CCCCN2c2ccc([N+](=O)[O-])c(S(C)(=O)=O)c2)c1C. The molecule has 3 rings (SSSR count). The zero-order valence-electron chi connectivity index (χ0n) is 15.8. The molecule has 0 radical (unpaired) electrons. The molecule has 2 aromatic rings. The van der Waals surface area contributed by atoms with Crippen LogP contribution in [0, 0.1) is 24.0 Å². The average molecular weight is 388 g/mol. The van der Waals surface area contributed by atoms with E-state index in [-0.39, 0.29) is 16.6 Å². The van der Waals surface area contributed by atoms with E-state index in [1.54, 1.807) is 6.07 Å². The number of nitrogens with zero attached hydrogens (tertiary/aromatic N) is 2. The molecular formula is C20H24N2O4S. The van der Waals surface area contributed by atoms with Crippen LogP contribution in [0.3, 0.4) is 0 Å². The molecule has 0 N–H and O–H groups in total. The Balaban J connectivity index is 2.10. The minimum absolute atomic E-state index is 0.132. The molecule has 1 fully saturated rings. The van der Waals surface area contributed by atoms with E-state index in [9.17, 15) is 18.5 Å². The molecule has 0 aromatic heterocycles. The Labute approximate surface area is 159 Å². The number of benzene rings is 2. The molecule has 144 valence electrons. The smallest absolute Gasteiger partial charge is 0.288 e. The molecule has 1 heterocycles. The summed E-state index contributed by atoms with van der Waals surface area (Å²) in [5.41, 5.74) is 4.03. The lowest BCUT2D eigenvalue weighted by Crippen LogP contribution is -2.34. The first kappa shape index (κ1) is 19.4. The van der Waals surface area contributed by atoms with Gasteiger partial charge in [0.05, 0.1) is 11.0 Å². The molecule has 0 aliphatic carbocycles. The summed E-state index contributed by atoms with van der Waals surface area (Å²) >= 11 is 0. The average Bonchev–Trinajstić information content (AvgIpc) is 2.63. The number of anilines is 1. The van der Waals surface area contributed by atoms with Crippen molar-refractivity contribution >= 4 is 21.2 Å². The van der Waals surface area contributed by atoms with Gasteiger partial charge in [0.15, 0.2) is 9.84 Å². The third-order valence-corrected chi connectivity index (χ3v) is 6.51. The van der Waals surface area contributed by atoms with Crippen molar-refractivity contribution in [3.63, 3.8) is 0 Å². The van der Waals surface area contributed by atoms with Gasteiger partial charge in [-0.05, 0) is 61.9 Å². The molecule has 1 unspecified atom stereocenters. The van der Waals surface area contributed by atoms with Gasteiger partial charge >= 0.3 is 0 Å². The van der Waals surface area contributed by atoms with Crippen LogP contribution in [0.5, 0.6) is 0 Å². The van der Waals surface area contributed by atoms with E-state index in [1.807, 2.05) is 6.07 Å². The van der Waals surface area contributed by atoms with Gasteiger partial charge in [0.2, 0.25) is 0 Å². The summed E-state index contributed by atoms with van der Waals surface area (Å²) in [6.07, 6.45) is 4.08. The molecule has 27 heavy (non-hydrogen) atoms. The van der Waals surface area contributed by atoms with Crippen molar-refractivity contribution in [2.45, 2.75) is 44.0 Å². The molecule has 1 saturated heterocycles. The summed E-state index contributed by atoms with van der Waals surface area (Å²) in [6.45, 7) is 4.98. The third-order valence-electron chi connectivity index (χ3n) is 5.38. The van der Waals surface area contributed by atoms with Crippen molar-refractivity contribution in [1.82, 2.24) is 0 Å². The summed E-state index contributed by atoms with van der Waals surface area (Å²) in [7, 11) is -3.70. The van der Waals surface area contributed by atoms with Gasteiger partial charge in [-0.3, -0.25) is 10.1 Å². The van der Waals surface area contributed by atoms with E-state index in [1.165, 1.54) is 28.8 Å². The normalized spacial score (nSPS) is 17.7. The number of hydrogen-bond acceptors (Lipinski definition) is 5. The summed E-state index contributed by atoms with van der Waals surface area (Å²) in [6, 6.07) is 10.8. The summed E-state index contributed by atoms with van der Waals surface area (Å²) < 4.78 is 24.2. The van der Waals surface area contributed by atoms with Crippen LogP contribution >= 0.6 is 0 Å². The Kier molecular flexibility index (Phi) is 5.24. The molecule has 6 nitrogen and oxygen atoms in total. The van der Waals surface area contributed by atoms with E-state index >= 15 is 0 Å². The lowest BCUT2D eigenvalue weighted by Gasteiger charge is -2.39. The quantitative estimate of drug-likeness (QED) is 0.575. The van der Waals surface area contributed by atoms with Crippen molar-refractivity contribution in [3.8, 4) is 0 Å². The number of nitro groups is 1. The van der Waals surface area contributed by atoms with Crippen LogP contribution < -0.4 is 4.90 Å². The van der Waals surface area contributed by atoms with Crippen LogP contribution in [0.1, 0.15) is 42.0 Å². The highest BCUT2D eigenvalue weighted by molar-refractivity contribution is 7.90. The van der Waals surface area contributed by atoms with E-state index in [0.29, 0.717) is 5.69 Å². The second kappa shape index (κ2) is 7.31. The zero-order chi connectivity index (χ0) is 19.8. The Hall–Kier alpha value is -2.41. The van der Waals surface area contributed by atoms with Crippen LogP contribution in [0.2, 0.25) is 0 Å². The van der Waals surface area contributed by atoms with Crippen LogP contribution in [0.25, 0.3) is 0 Å². The topological polar surface area (TPSA) is 80.5 Å². The number of hydrogen-bond donors (Lipinski definition) is 0. The van der Waals surface area contributed by atoms with Crippen molar-refractivity contribution in [2.24, 2.45) is 0 Å². The van der Waals surface area contributed by atoms with Gasteiger partial charge in [-0.15, -0.1) is 0 Å². The highest BCUT2D eigenvalue weighted by Crippen LogP contribution is 2.39. The highest BCUT2D eigenvalue weighted by atomic mass is 32.2. The van der Waals surface area contributed by atoms with Crippen molar-refractivity contribution in [2.75, 3.05) is 17.7 Å². The van der Waals surface area contributed by atoms with Crippen LogP contribution in [-0.2, 0) is 9.84 Å². The first-order valence-electron chi connectivity index (χ1n) is 9.01. The number of piperidine rings is 1. The van der Waals surface area contributed by atoms with Gasteiger partial charge in [0.25, 0.3) is 5.69 Å². The van der Waals surface area contributed by atoms with Crippen LogP contribution in [0.15, 0.2) is 41.3 Å². The Morgan fingerprint density at radius 3 is 2.56 bits per heavy atom. The highest BCUT2D eigenvalue weighted by Gasteiger charge is 2.29. The molecule has 0 spiro atoms. The molecule has 0 saturated carbocycles. The molecular weight excluding hydrogens is 364 g/mol. The third kappa shape index (κ3) is 3.83. The molecule has 1 aliphatic heterocycles. The van der Waals surface area contributed by atoms with Gasteiger partial charge in [0.1, 0.15) is 4.90 Å². The van der Waals surface area contributed by atoms with Crippen molar-refractivity contribution in [3.05, 3.63) is 63.2 Å². The Morgan fingerprint density at radius 2 is 1.89 bits per heavy atom. The molecule has 1 atom stereocenters. The molecule has 0 bridgehead atoms. The van der Waals surface area contributed by atoms with Crippen LogP contribution in [-0.4, -0.2) is 26.1 Å². The zero-order valence-corrected chi connectivity index (χ0v) is 16.6. The minimum Gasteiger partial charge on any atom is -0.364 e. The first-order valence-corrected chi connectivity index (χ1v) is 10.9. The maximum absolute atomic E-state index is 12.1. The van der Waals surface area contributed by atoms with E-state index in [2.05, 4.69) is 30.9 Å². The van der Waals surface area contributed by atoms with E-state index in [0.717, 1.165) is 32.1 Å². The van der Waals surface area contributed by atoms with Gasteiger partial charge in [-0.25, -0.2) is 8.42 Å². The summed E-state index contributed by atoms with van der Waals surface area (Å²) in [5, 5.41) is 11.3. The Morgan fingerprint density at radius 1 is 1.15 bits per heavy atom. The van der Waals surface area contributed by atoms with E-state index < -0.39 is 14.8 Å². The number of aryl methyl sites for hydroxylation is 1. The predicted molar refractivity (Wildman–Crippen MR) is 106 cm³/mol. The standard InChI is InChI=1S/C20H24N2O4S/c1-14-7-6-8-17(15(14)2)18-9-4-5-12-21(18)16-10-11-19(22(23)24)20(13-16)27(3,25)26/h6-8,10-11,13,18H,4-5,9,12H2,1-3H3. The van der Waals surface area contributed by atoms with Gasteiger partial charge in [-0.1, -0.05) is 18.2 Å². The number of sulfone groups is 1. The lowest BCUT2D eigenvalue weighted by atomic mass is 9.90. The first-order chi connectivity index (χ1) is 12.7. The molecule has 2 aromatic carbocycles. The molecule has 1 aliphatic rings. The maximum Gasteiger partial charge on any atom is 0.288 e. The number of rotatable bonds is 4. The largest absolute Gasteiger partial charge is 0.364 e. The Bertz CT molecular complexity index is 985. The van der Waals surface area contributed by atoms with E-state index in [4.69, 9.17) is 0 Å². The predicted octanol–water partition coefficient (Wildman–Crippen LogP) is 4.35. The fraction of sp³-hybridized carbons (Fsp3) is 0.400. The molecule has 0 amide bonds. The summed E-state index contributed by atoms with van der Waals surface area (Å²) in [5.74, 6) is 0. The van der Waals surface area contributed by atoms with Gasteiger partial charge in [0, 0.05) is 24.6 Å². The maximum atomic E-state index is 12.1. The number of nitro benzene ring substituents is 1. The van der Waals surface area contributed by atoms with Crippen molar-refractivity contribution < 1.29 is 13.3 Å². The fourth-order valence-corrected chi connectivity index (χ4v) is 4.69.